The van der Waals surface area contributed by atoms with E-state index in [2.05, 4.69) is 9.98 Å². The van der Waals surface area contributed by atoms with Crippen LogP contribution in [0.2, 0.25) is 0 Å². The summed E-state index contributed by atoms with van der Waals surface area (Å²) in [5, 5.41) is 25.4. The zero-order valence-electron chi connectivity index (χ0n) is 30.6. The van der Waals surface area contributed by atoms with Crippen molar-refractivity contribution in [1.82, 2.24) is 0 Å². The third-order valence-electron chi connectivity index (χ3n) is 7.80. The molecule has 0 heterocycles. The molecule has 296 valence electrons. The maximum atomic E-state index is 13.9. The summed E-state index contributed by atoms with van der Waals surface area (Å²) in [4.78, 5) is 7.23. The van der Waals surface area contributed by atoms with E-state index in [4.69, 9.17) is 0 Å². The number of halogens is 12. The van der Waals surface area contributed by atoms with Crippen LogP contribution in [0.4, 0.5) is 55.3 Å². The summed E-state index contributed by atoms with van der Waals surface area (Å²) in [5.41, 5.74) is -2.70. The quantitative estimate of drug-likeness (QED) is 0.0939. The van der Waals surface area contributed by atoms with Crippen LogP contribution in [0.1, 0.15) is 90.5 Å². The molecule has 0 aliphatic carbocycles. The smallest absolute Gasteiger partial charge is 1.00 e. The Labute approximate surface area is 339 Å². The minimum Gasteiger partial charge on any atom is -1.00 e. The monoisotopic (exact) mass is 858 g/mol. The van der Waals surface area contributed by atoms with Crippen LogP contribution in [0.5, 0.6) is 11.5 Å². The number of hydrogen-bond acceptors (Lipinski definition) is 4. The second-order valence-corrected chi connectivity index (χ2v) is 13.5. The predicted molar refractivity (Wildman–Crippen MR) is 175 cm³/mol. The van der Waals surface area contributed by atoms with Gasteiger partial charge in [0, 0.05) is 11.4 Å². The summed E-state index contributed by atoms with van der Waals surface area (Å²) in [6.07, 6.45) is 0.116. The van der Waals surface area contributed by atoms with Gasteiger partial charge in [-0.3, -0.25) is 0 Å². The molecular formula is C38H34Cl2F10N2O2Ti. The van der Waals surface area contributed by atoms with Crippen LogP contribution in [0.15, 0.2) is 46.4 Å². The van der Waals surface area contributed by atoms with E-state index in [1.807, 2.05) is 41.5 Å². The molecule has 0 atom stereocenters. The maximum absolute atomic E-state index is 13.9. The van der Waals surface area contributed by atoms with Crippen LogP contribution in [0, 0.1) is 58.2 Å². The Morgan fingerprint density at radius 1 is 0.473 bits per heavy atom. The van der Waals surface area contributed by atoms with Gasteiger partial charge in [-0.2, -0.15) is 0 Å². The van der Waals surface area contributed by atoms with Crippen molar-refractivity contribution in [2.24, 2.45) is 9.98 Å². The molecule has 4 aromatic carbocycles. The first-order chi connectivity index (χ1) is 24.0. The summed E-state index contributed by atoms with van der Waals surface area (Å²) >= 11 is 0. The summed E-state index contributed by atoms with van der Waals surface area (Å²) in [5.74, 6) is -21.8. The summed E-state index contributed by atoms with van der Waals surface area (Å²) < 4.78 is 135. The van der Waals surface area contributed by atoms with Crippen LogP contribution < -0.4 is 35.0 Å². The van der Waals surface area contributed by atoms with Gasteiger partial charge in [0.2, 0.25) is 11.6 Å². The fourth-order valence-electron chi connectivity index (χ4n) is 5.02. The number of nitrogens with zero attached hydrogens (tertiary/aromatic N) is 2. The van der Waals surface area contributed by atoms with Gasteiger partial charge in [0.15, 0.2) is 46.5 Å². The molecule has 0 aliphatic rings. The minimum absolute atomic E-state index is 0. The molecule has 4 rings (SSSR count). The molecule has 4 aromatic rings. The van der Waals surface area contributed by atoms with Gasteiger partial charge >= 0.3 is 21.7 Å². The van der Waals surface area contributed by atoms with Crippen LogP contribution >= 0.6 is 0 Å². The normalized spacial score (nSPS) is 11.9. The Morgan fingerprint density at radius 2 is 0.709 bits per heavy atom. The van der Waals surface area contributed by atoms with Crippen LogP contribution in [0.25, 0.3) is 0 Å². The van der Waals surface area contributed by atoms with E-state index in [-0.39, 0.29) is 81.9 Å². The topological polar surface area (TPSA) is 70.8 Å². The molecule has 0 saturated heterocycles. The van der Waals surface area contributed by atoms with Crippen molar-refractivity contribution in [3.8, 4) is 11.5 Å². The van der Waals surface area contributed by atoms with Crippen LogP contribution in [-0.2, 0) is 32.5 Å². The molecule has 0 amide bonds. The Hall–Kier alpha value is -3.59. The van der Waals surface area contributed by atoms with E-state index < -0.39 is 91.9 Å². The van der Waals surface area contributed by atoms with Crippen molar-refractivity contribution in [1.29, 1.82) is 0 Å². The Kier molecular flexibility index (Phi) is 18.7. The van der Waals surface area contributed by atoms with Gasteiger partial charge in [0.25, 0.3) is 0 Å². The van der Waals surface area contributed by atoms with Gasteiger partial charge in [-0.05, 0) is 45.9 Å². The molecule has 0 unspecified atom stereocenters. The van der Waals surface area contributed by atoms with E-state index in [0.717, 1.165) is 0 Å². The van der Waals surface area contributed by atoms with E-state index in [1.165, 1.54) is 12.1 Å². The summed E-state index contributed by atoms with van der Waals surface area (Å²) in [6, 6.07) is 9.23. The Morgan fingerprint density at radius 3 is 0.927 bits per heavy atom. The summed E-state index contributed by atoms with van der Waals surface area (Å²) in [6.45, 7) is 14.0. The van der Waals surface area contributed by atoms with Crippen molar-refractivity contribution in [2.75, 3.05) is 0 Å². The van der Waals surface area contributed by atoms with Crippen LogP contribution in [0.3, 0.4) is 0 Å². The van der Waals surface area contributed by atoms with Gasteiger partial charge in [0.1, 0.15) is 11.4 Å². The second kappa shape index (κ2) is 20.0. The molecule has 0 aliphatic heterocycles. The fourth-order valence-corrected chi connectivity index (χ4v) is 5.02. The molecule has 0 N–H and O–H groups in total. The number of para-hydroxylation sites is 2. The number of benzene rings is 4. The third-order valence-corrected chi connectivity index (χ3v) is 7.80. The van der Waals surface area contributed by atoms with Crippen molar-refractivity contribution in [3.63, 3.8) is 0 Å². The molecule has 0 aromatic heterocycles. The maximum Gasteiger partial charge on any atom is 4.00 e. The first-order valence-corrected chi connectivity index (χ1v) is 15.8. The molecule has 0 radical (unpaired) electrons. The SMILES string of the molecule is CC/C(=N\c1c(F)c(F)c(F)c(F)c1F)c1cccc(C(C)(C)C)c1[O-].CC/C(=N\c1c(F)c(F)c(F)c(F)c1F)c1cccc(C(C)(C)C)c1[O-].[Cl-].[Cl-].[Ti+4]. The Bertz CT molecular complexity index is 1880. The average Bonchev–Trinajstić information content (AvgIpc) is 3.08. The van der Waals surface area contributed by atoms with Crippen molar-refractivity contribution < 1.29 is 101 Å². The van der Waals surface area contributed by atoms with Gasteiger partial charge in [0.05, 0.1) is 0 Å². The van der Waals surface area contributed by atoms with Gasteiger partial charge in [-0.25, -0.2) is 53.9 Å². The molecule has 0 saturated carbocycles. The molecular weight excluding hydrogens is 825 g/mol. The van der Waals surface area contributed by atoms with Gasteiger partial charge in [-0.15, -0.1) is 0 Å². The Balaban J connectivity index is 0.00000101. The number of hydrogen-bond donors (Lipinski definition) is 0. The molecule has 4 nitrogen and oxygen atoms in total. The predicted octanol–water partition coefficient (Wildman–Crippen LogP) is 4.57. The second-order valence-electron chi connectivity index (χ2n) is 13.5. The summed E-state index contributed by atoms with van der Waals surface area (Å²) in [7, 11) is 0. The van der Waals surface area contributed by atoms with Crippen molar-refractivity contribution >= 4 is 22.8 Å². The molecule has 0 spiro atoms. The van der Waals surface area contributed by atoms with E-state index in [0.29, 0.717) is 11.1 Å². The number of rotatable bonds is 6. The first-order valence-electron chi connectivity index (χ1n) is 15.8. The zero-order valence-corrected chi connectivity index (χ0v) is 33.7. The molecule has 0 fully saturated rings. The van der Waals surface area contributed by atoms with Crippen molar-refractivity contribution in [2.45, 2.75) is 79.1 Å². The first kappa shape index (κ1) is 51.4. The molecule has 55 heavy (non-hydrogen) atoms. The minimum atomic E-state index is -2.25. The largest absolute Gasteiger partial charge is 4.00 e. The third kappa shape index (κ3) is 10.8. The standard InChI is InChI=1S/2C19H18F5NO.2ClH.Ti/c2*1-5-11(9-7-6-8-10(18(9)26)19(2,3)4)25-17-15(23)13(21)12(20)14(22)16(17)24;;;/h2*6-8,26H,5H2,1-4H3;2*1H;/q;;;;+4/p-4/b2*25-11+;;;. The average molecular weight is 859 g/mol. The number of aliphatic imine (C=N–C) groups is 2. The molecule has 0 bridgehead atoms. The van der Waals surface area contributed by atoms with Crippen molar-refractivity contribution in [3.05, 3.63) is 117 Å². The van der Waals surface area contributed by atoms with E-state index in [1.54, 1.807) is 38.1 Å². The van der Waals surface area contributed by atoms with E-state index in [9.17, 15) is 54.1 Å². The molecule has 17 heteroatoms. The van der Waals surface area contributed by atoms with Crippen LogP contribution in [-0.4, -0.2) is 11.4 Å². The zero-order chi connectivity index (χ0) is 39.6. The van der Waals surface area contributed by atoms with E-state index >= 15 is 0 Å². The van der Waals surface area contributed by atoms with Gasteiger partial charge in [-0.1, -0.05) is 103 Å². The van der Waals surface area contributed by atoms with Gasteiger partial charge < -0.3 is 35.0 Å². The fraction of sp³-hybridized carbons (Fsp3) is 0.316.